The van der Waals surface area contributed by atoms with Gasteiger partial charge in [0, 0.05) is 38.9 Å². The number of hydrogen-bond donors (Lipinski definition) is 1. The van der Waals surface area contributed by atoms with Gasteiger partial charge in [0.15, 0.2) is 0 Å². The van der Waals surface area contributed by atoms with E-state index in [1.165, 1.54) is 0 Å². The van der Waals surface area contributed by atoms with Crippen molar-refractivity contribution in [3.05, 3.63) is 11.9 Å². The lowest BCUT2D eigenvalue weighted by atomic mass is 10.3. The molecule has 1 N–H and O–H groups in total. The Hall–Kier alpha value is -1.47. The van der Waals surface area contributed by atoms with Crippen molar-refractivity contribution in [3.8, 4) is 0 Å². The Morgan fingerprint density at radius 1 is 1.33 bits per heavy atom. The smallest absolute Gasteiger partial charge is 0.309 e. The first-order chi connectivity index (χ1) is 8.63. The average Bonchev–Trinajstić information content (AvgIpc) is 2.75. The molecule has 0 aliphatic carbocycles. The molecular formula is C11H19N5O2. The van der Waals surface area contributed by atoms with Gasteiger partial charge in [-0.05, 0) is 7.05 Å². The second kappa shape index (κ2) is 5.92. The molecule has 7 nitrogen and oxygen atoms in total. The topological polar surface area (TPSA) is 74.5 Å². The number of aromatic nitrogens is 3. The van der Waals surface area contributed by atoms with Crippen LogP contribution in [0.3, 0.4) is 0 Å². The molecule has 1 aliphatic heterocycles. The number of nitrogens with zero attached hydrogens (tertiary/aromatic N) is 5. The molecular weight excluding hydrogens is 234 g/mol. The van der Waals surface area contributed by atoms with Crippen LogP contribution in [0.4, 0.5) is 0 Å². The highest BCUT2D eigenvalue weighted by Gasteiger charge is 2.13. The molecule has 7 heteroatoms. The van der Waals surface area contributed by atoms with E-state index >= 15 is 0 Å². The number of carboxylic acids is 1. The van der Waals surface area contributed by atoms with Crippen molar-refractivity contribution in [1.82, 2.24) is 24.8 Å². The van der Waals surface area contributed by atoms with Crippen molar-refractivity contribution < 1.29 is 9.90 Å². The zero-order valence-electron chi connectivity index (χ0n) is 10.6. The molecule has 0 unspecified atom stereocenters. The molecule has 0 spiro atoms. The quantitative estimate of drug-likeness (QED) is 0.737. The van der Waals surface area contributed by atoms with E-state index in [0.717, 1.165) is 39.3 Å². The molecule has 100 valence electrons. The van der Waals surface area contributed by atoms with Crippen molar-refractivity contribution in [3.63, 3.8) is 0 Å². The first-order valence-electron chi connectivity index (χ1n) is 6.15. The molecule has 1 aliphatic rings. The first kappa shape index (κ1) is 13.0. The Morgan fingerprint density at radius 3 is 2.72 bits per heavy atom. The average molecular weight is 253 g/mol. The largest absolute Gasteiger partial charge is 0.481 e. The number of aliphatic carboxylic acids is 1. The van der Waals surface area contributed by atoms with E-state index in [9.17, 15) is 4.79 Å². The van der Waals surface area contributed by atoms with Crippen LogP contribution in [-0.4, -0.2) is 75.6 Å². The van der Waals surface area contributed by atoms with Gasteiger partial charge in [-0.25, -0.2) is 0 Å². The minimum atomic E-state index is -0.874. The number of carboxylic acid groups (broad SMARTS) is 1. The molecule has 0 saturated carbocycles. The molecule has 0 amide bonds. The number of rotatable bonds is 5. The molecule has 1 fully saturated rings. The normalized spacial score (nSPS) is 18.1. The molecule has 0 aromatic carbocycles. The van der Waals surface area contributed by atoms with Crippen molar-refractivity contribution >= 4 is 5.97 Å². The lowest BCUT2D eigenvalue weighted by molar-refractivity contribution is -0.136. The second-order valence-corrected chi connectivity index (χ2v) is 4.69. The van der Waals surface area contributed by atoms with Gasteiger partial charge in [0.1, 0.15) is 0 Å². The third-order valence-corrected chi connectivity index (χ3v) is 3.16. The van der Waals surface area contributed by atoms with Crippen LogP contribution in [0.5, 0.6) is 0 Å². The Bertz CT molecular complexity index is 398. The number of likely N-dealkylation sites (N-methyl/N-ethyl adjacent to an activating group) is 1. The minimum Gasteiger partial charge on any atom is -0.481 e. The van der Waals surface area contributed by atoms with Crippen molar-refractivity contribution in [2.75, 3.05) is 39.8 Å². The number of carbonyl (C=O) groups is 1. The molecule has 2 heterocycles. The molecule has 2 rings (SSSR count). The van der Waals surface area contributed by atoms with Crippen LogP contribution in [0.15, 0.2) is 6.20 Å². The molecule has 0 radical (unpaired) electrons. The van der Waals surface area contributed by atoms with Crippen molar-refractivity contribution in [1.29, 1.82) is 0 Å². The molecule has 0 bridgehead atoms. The molecule has 1 aromatic rings. The fourth-order valence-corrected chi connectivity index (χ4v) is 2.00. The van der Waals surface area contributed by atoms with E-state index < -0.39 is 5.97 Å². The summed E-state index contributed by atoms with van der Waals surface area (Å²) in [5, 5.41) is 16.4. The predicted molar refractivity (Wildman–Crippen MR) is 65.3 cm³/mol. The van der Waals surface area contributed by atoms with Crippen LogP contribution < -0.4 is 0 Å². The van der Waals surface area contributed by atoms with Crippen LogP contribution in [0.2, 0.25) is 0 Å². The SMILES string of the molecule is CN1CCN(CCn2cc(CC(=O)O)nn2)CC1. The van der Waals surface area contributed by atoms with Gasteiger partial charge in [-0.15, -0.1) is 5.10 Å². The van der Waals surface area contributed by atoms with E-state index in [2.05, 4.69) is 27.2 Å². The minimum absolute atomic E-state index is 0.0610. The summed E-state index contributed by atoms with van der Waals surface area (Å²) in [5.74, 6) is -0.874. The summed E-state index contributed by atoms with van der Waals surface area (Å²) in [5.41, 5.74) is 0.515. The van der Waals surface area contributed by atoms with Gasteiger partial charge < -0.3 is 10.0 Å². The van der Waals surface area contributed by atoms with E-state index in [-0.39, 0.29) is 6.42 Å². The summed E-state index contributed by atoms with van der Waals surface area (Å²) in [6.07, 6.45) is 1.65. The van der Waals surface area contributed by atoms with Crippen molar-refractivity contribution in [2.24, 2.45) is 0 Å². The van der Waals surface area contributed by atoms with Crippen molar-refractivity contribution in [2.45, 2.75) is 13.0 Å². The Labute approximate surface area is 106 Å². The van der Waals surface area contributed by atoms with Gasteiger partial charge in [-0.3, -0.25) is 14.4 Å². The summed E-state index contributed by atoms with van der Waals surface area (Å²) in [7, 11) is 2.13. The third-order valence-electron chi connectivity index (χ3n) is 3.16. The number of hydrogen-bond acceptors (Lipinski definition) is 5. The van der Waals surface area contributed by atoms with Crippen LogP contribution in [0.25, 0.3) is 0 Å². The molecule has 1 saturated heterocycles. The van der Waals surface area contributed by atoms with E-state index in [1.807, 2.05) is 0 Å². The maximum Gasteiger partial charge on any atom is 0.309 e. The van der Waals surface area contributed by atoms with E-state index in [4.69, 9.17) is 5.11 Å². The maximum atomic E-state index is 10.5. The second-order valence-electron chi connectivity index (χ2n) is 4.69. The Kier molecular flexibility index (Phi) is 4.27. The van der Waals surface area contributed by atoms with E-state index in [1.54, 1.807) is 10.9 Å². The molecule has 18 heavy (non-hydrogen) atoms. The van der Waals surface area contributed by atoms with Crippen LogP contribution in [-0.2, 0) is 17.8 Å². The molecule has 0 atom stereocenters. The third kappa shape index (κ3) is 3.78. The highest BCUT2D eigenvalue weighted by atomic mass is 16.4. The fourth-order valence-electron chi connectivity index (χ4n) is 2.00. The summed E-state index contributed by atoms with van der Waals surface area (Å²) < 4.78 is 1.72. The van der Waals surface area contributed by atoms with Gasteiger partial charge >= 0.3 is 5.97 Å². The zero-order valence-corrected chi connectivity index (χ0v) is 10.6. The summed E-state index contributed by atoms with van der Waals surface area (Å²) in [6, 6.07) is 0. The lowest BCUT2D eigenvalue weighted by Gasteiger charge is -2.32. The Balaban J connectivity index is 1.76. The molecule has 1 aromatic heterocycles. The van der Waals surface area contributed by atoms with Crippen LogP contribution in [0.1, 0.15) is 5.69 Å². The van der Waals surface area contributed by atoms with Crippen LogP contribution >= 0.6 is 0 Å². The Morgan fingerprint density at radius 2 is 2.06 bits per heavy atom. The highest BCUT2D eigenvalue weighted by Crippen LogP contribution is 2.00. The standard InChI is InChI=1S/C11H19N5O2/c1-14-2-4-15(5-3-14)6-7-16-9-10(12-13-16)8-11(17)18/h9H,2-8H2,1H3,(H,17,18). The van der Waals surface area contributed by atoms with Gasteiger partial charge in [0.05, 0.1) is 18.7 Å². The highest BCUT2D eigenvalue weighted by molar-refractivity contribution is 5.69. The predicted octanol–water partition coefficient (Wildman–Crippen LogP) is -0.847. The number of piperazine rings is 1. The van der Waals surface area contributed by atoms with Gasteiger partial charge in [0.2, 0.25) is 0 Å². The first-order valence-corrected chi connectivity index (χ1v) is 6.15. The fraction of sp³-hybridized carbons (Fsp3) is 0.727. The van der Waals surface area contributed by atoms with Crippen LogP contribution in [0, 0.1) is 0 Å². The van der Waals surface area contributed by atoms with Gasteiger partial charge in [0.25, 0.3) is 0 Å². The zero-order chi connectivity index (χ0) is 13.0. The summed E-state index contributed by atoms with van der Waals surface area (Å²) in [6.45, 7) is 6.05. The summed E-state index contributed by atoms with van der Waals surface area (Å²) in [4.78, 5) is 15.2. The maximum absolute atomic E-state index is 10.5. The monoisotopic (exact) mass is 253 g/mol. The van der Waals surface area contributed by atoms with Gasteiger partial charge in [-0.1, -0.05) is 5.21 Å². The summed E-state index contributed by atoms with van der Waals surface area (Å²) >= 11 is 0. The van der Waals surface area contributed by atoms with Gasteiger partial charge in [-0.2, -0.15) is 0 Å². The lowest BCUT2D eigenvalue weighted by Crippen LogP contribution is -2.45. The van der Waals surface area contributed by atoms with E-state index in [0.29, 0.717) is 5.69 Å².